The minimum absolute atomic E-state index is 0.0435. The molecule has 2 saturated carbocycles. The number of rotatable bonds is 5. The van der Waals surface area contributed by atoms with Crippen molar-refractivity contribution in [3.05, 3.63) is 29.3 Å². The van der Waals surface area contributed by atoms with Gasteiger partial charge in [0.25, 0.3) is 0 Å². The molecule has 9 heteroatoms. The first-order chi connectivity index (χ1) is 16.5. The number of amides is 2. The molecule has 188 valence electrons. The summed E-state index contributed by atoms with van der Waals surface area (Å²) in [4.78, 5) is 29.9. The fourth-order valence-corrected chi connectivity index (χ4v) is 5.72. The molecule has 1 N–H and O–H groups in total. The Hall–Kier alpha value is -2.76. The molecule has 4 fully saturated rings. The number of hydrogen-bond acceptors (Lipinski definition) is 4. The summed E-state index contributed by atoms with van der Waals surface area (Å²) in [6.07, 6.45) is 0.711. The Morgan fingerprint density at radius 1 is 1.17 bits per heavy atom. The van der Waals surface area contributed by atoms with Crippen molar-refractivity contribution in [2.24, 2.45) is 22.7 Å². The van der Waals surface area contributed by atoms with Crippen molar-refractivity contribution in [3.8, 4) is 6.07 Å². The number of carbonyl (C=O) groups excluding carboxylic acids is 2. The Morgan fingerprint density at radius 2 is 1.86 bits per heavy atom. The van der Waals surface area contributed by atoms with E-state index >= 15 is 0 Å². The number of hydrogen-bond donors (Lipinski definition) is 1. The number of likely N-dealkylation sites (tertiary alicyclic amines) is 1. The van der Waals surface area contributed by atoms with Crippen LogP contribution >= 0.6 is 0 Å². The van der Waals surface area contributed by atoms with Crippen LogP contribution < -0.4 is 10.2 Å². The molecule has 0 bridgehead atoms. The van der Waals surface area contributed by atoms with Crippen LogP contribution in [0.15, 0.2) is 18.2 Å². The third-order valence-electron chi connectivity index (χ3n) is 8.58. The van der Waals surface area contributed by atoms with E-state index in [1.807, 2.05) is 16.7 Å². The number of halogens is 3. The minimum atomic E-state index is -4.63. The largest absolute Gasteiger partial charge is 0.417 e. The van der Waals surface area contributed by atoms with Crippen LogP contribution in [0.5, 0.6) is 0 Å². The van der Waals surface area contributed by atoms with E-state index in [1.165, 1.54) is 6.07 Å². The van der Waals surface area contributed by atoms with Gasteiger partial charge in [0.05, 0.1) is 23.1 Å². The first-order valence-electron chi connectivity index (χ1n) is 12.5. The second kappa shape index (κ2) is 8.42. The van der Waals surface area contributed by atoms with Crippen LogP contribution in [-0.2, 0) is 15.8 Å². The van der Waals surface area contributed by atoms with Gasteiger partial charge in [0.2, 0.25) is 11.8 Å². The van der Waals surface area contributed by atoms with Crippen molar-refractivity contribution in [2.75, 3.05) is 37.6 Å². The summed E-state index contributed by atoms with van der Waals surface area (Å²) in [6.45, 7) is 4.55. The van der Waals surface area contributed by atoms with Crippen LogP contribution in [0.4, 0.5) is 18.9 Å². The highest BCUT2D eigenvalue weighted by atomic mass is 19.4. The van der Waals surface area contributed by atoms with E-state index in [0.717, 1.165) is 31.7 Å². The van der Waals surface area contributed by atoms with Crippen LogP contribution in [0, 0.1) is 34.0 Å². The summed E-state index contributed by atoms with van der Waals surface area (Å²) in [5, 5.41) is 12.2. The van der Waals surface area contributed by atoms with Gasteiger partial charge < -0.3 is 15.1 Å². The van der Waals surface area contributed by atoms with E-state index < -0.39 is 22.7 Å². The molecule has 35 heavy (non-hydrogen) atoms. The predicted molar refractivity (Wildman–Crippen MR) is 123 cm³/mol. The molecule has 5 rings (SSSR count). The lowest BCUT2D eigenvalue weighted by Gasteiger charge is -2.42. The van der Waals surface area contributed by atoms with Gasteiger partial charge in [0.15, 0.2) is 0 Å². The highest BCUT2D eigenvalue weighted by Crippen LogP contribution is 2.50. The van der Waals surface area contributed by atoms with E-state index in [9.17, 15) is 22.8 Å². The topological polar surface area (TPSA) is 76.4 Å². The number of nitrogens with zero attached hydrogens (tertiary/aromatic N) is 3. The average Bonchev–Trinajstić information content (AvgIpc) is 3.76. The first kappa shape index (κ1) is 24.0. The Kier molecular flexibility index (Phi) is 5.77. The Labute approximate surface area is 203 Å². The zero-order valence-electron chi connectivity index (χ0n) is 20.0. The zero-order chi connectivity index (χ0) is 25.0. The van der Waals surface area contributed by atoms with E-state index in [0.29, 0.717) is 57.2 Å². The fourth-order valence-electron chi connectivity index (χ4n) is 5.72. The molecule has 1 atom stereocenters. The number of carbonyl (C=O) groups is 2. The van der Waals surface area contributed by atoms with Crippen LogP contribution in [0.25, 0.3) is 0 Å². The third-order valence-corrected chi connectivity index (χ3v) is 8.58. The Bertz CT molecular complexity index is 1060. The maximum Gasteiger partial charge on any atom is 0.417 e. The number of nitriles is 1. The molecule has 6 nitrogen and oxygen atoms in total. The van der Waals surface area contributed by atoms with Gasteiger partial charge in [-0.25, -0.2) is 0 Å². The Balaban J connectivity index is 1.38. The molecule has 0 aromatic heterocycles. The van der Waals surface area contributed by atoms with Gasteiger partial charge in [-0.1, -0.05) is 6.92 Å². The molecule has 1 aromatic carbocycles. The van der Waals surface area contributed by atoms with Crippen molar-refractivity contribution < 1.29 is 22.8 Å². The molecule has 1 spiro atoms. The van der Waals surface area contributed by atoms with E-state index in [1.54, 1.807) is 12.1 Å². The van der Waals surface area contributed by atoms with Gasteiger partial charge in [-0.15, -0.1) is 0 Å². The standard InChI is InChI=1S/C26H31F3N4O2/c1-24(6-7-24)23(35)32-10-8-25(9-11-32)16-33(15-21(25)22(34)31-14-17-2-3-17)19-5-4-18(13-30)20(12-19)26(27,28)29/h4-5,12,17,21H,2-3,6-11,14-16H2,1H3,(H,31,34). The quantitative estimate of drug-likeness (QED) is 0.681. The average molecular weight is 489 g/mol. The summed E-state index contributed by atoms with van der Waals surface area (Å²) in [5.41, 5.74) is -1.64. The minimum Gasteiger partial charge on any atom is -0.370 e. The SMILES string of the molecule is CC1(C(=O)N2CCC3(CC2)CN(c2ccc(C#N)c(C(F)(F)F)c2)CC3C(=O)NCC2CC2)CC1. The molecule has 2 aliphatic carbocycles. The second-order valence-corrected chi connectivity index (χ2v) is 11.2. The van der Waals surface area contributed by atoms with Crippen molar-refractivity contribution in [2.45, 2.75) is 51.6 Å². The highest BCUT2D eigenvalue weighted by Gasteiger charge is 2.54. The van der Waals surface area contributed by atoms with Crippen molar-refractivity contribution in [1.82, 2.24) is 10.2 Å². The van der Waals surface area contributed by atoms with Crippen LogP contribution in [-0.4, -0.2) is 49.4 Å². The van der Waals surface area contributed by atoms with Crippen LogP contribution in [0.1, 0.15) is 56.6 Å². The molecular weight excluding hydrogens is 457 g/mol. The zero-order valence-corrected chi connectivity index (χ0v) is 20.0. The number of piperidine rings is 1. The molecule has 2 aliphatic heterocycles. The lowest BCUT2D eigenvalue weighted by Crippen LogP contribution is -2.51. The molecule has 2 amide bonds. The van der Waals surface area contributed by atoms with E-state index in [2.05, 4.69) is 5.32 Å². The lowest BCUT2D eigenvalue weighted by atomic mass is 9.70. The van der Waals surface area contributed by atoms with E-state index in [4.69, 9.17) is 5.26 Å². The normalized spacial score (nSPS) is 24.8. The Morgan fingerprint density at radius 3 is 2.43 bits per heavy atom. The molecule has 1 aromatic rings. The number of anilines is 1. The van der Waals surface area contributed by atoms with Gasteiger partial charge >= 0.3 is 6.18 Å². The van der Waals surface area contributed by atoms with Crippen LogP contribution in [0.2, 0.25) is 0 Å². The first-order valence-corrected chi connectivity index (χ1v) is 12.5. The van der Waals surface area contributed by atoms with Gasteiger partial charge in [0.1, 0.15) is 0 Å². The number of nitrogens with one attached hydrogen (secondary N) is 1. The number of alkyl halides is 3. The van der Waals surface area contributed by atoms with Gasteiger partial charge in [-0.2, -0.15) is 18.4 Å². The van der Waals surface area contributed by atoms with Crippen molar-refractivity contribution in [3.63, 3.8) is 0 Å². The smallest absolute Gasteiger partial charge is 0.370 e. The monoisotopic (exact) mass is 488 g/mol. The summed E-state index contributed by atoms with van der Waals surface area (Å²) in [7, 11) is 0. The van der Waals surface area contributed by atoms with Crippen molar-refractivity contribution in [1.29, 1.82) is 5.26 Å². The highest BCUT2D eigenvalue weighted by molar-refractivity contribution is 5.85. The van der Waals surface area contributed by atoms with E-state index in [-0.39, 0.29) is 23.1 Å². The molecule has 4 aliphatic rings. The molecule has 2 saturated heterocycles. The molecular formula is C26H31F3N4O2. The maximum absolute atomic E-state index is 13.6. The van der Waals surface area contributed by atoms with Gasteiger partial charge in [-0.05, 0) is 62.6 Å². The molecule has 0 radical (unpaired) electrons. The van der Waals surface area contributed by atoms with Crippen LogP contribution in [0.3, 0.4) is 0 Å². The molecule has 1 unspecified atom stereocenters. The summed E-state index contributed by atoms with van der Waals surface area (Å²) in [5.74, 6) is 0.302. The molecule has 2 heterocycles. The van der Waals surface area contributed by atoms with Gasteiger partial charge in [0, 0.05) is 49.2 Å². The number of benzene rings is 1. The van der Waals surface area contributed by atoms with Crippen molar-refractivity contribution >= 4 is 17.5 Å². The summed E-state index contributed by atoms with van der Waals surface area (Å²) in [6, 6.07) is 5.41. The summed E-state index contributed by atoms with van der Waals surface area (Å²) < 4.78 is 40.8. The lowest BCUT2D eigenvalue weighted by molar-refractivity contribution is -0.140. The maximum atomic E-state index is 13.6. The van der Waals surface area contributed by atoms with Gasteiger partial charge in [-0.3, -0.25) is 9.59 Å². The summed E-state index contributed by atoms with van der Waals surface area (Å²) >= 11 is 0. The second-order valence-electron chi connectivity index (χ2n) is 11.2. The fraction of sp³-hybridized carbons (Fsp3) is 0.654. The third kappa shape index (κ3) is 4.60. The predicted octanol–water partition coefficient (Wildman–Crippen LogP) is 3.95.